The van der Waals surface area contributed by atoms with Crippen LogP contribution in [0, 0.1) is 17.5 Å². The maximum atomic E-state index is 13.4. The highest BCUT2D eigenvalue weighted by Gasteiger charge is 2.13. The second-order valence-electron chi connectivity index (χ2n) is 4.42. The van der Waals surface area contributed by atoms with Gasteiger partial charge in [-0.3, -0.25) is 0 Å². The van der Waals surface area contributed by atoms with Crippen molar-refractivity contribution in [3.63, 3.8) is 0 Å². The maximum absolute atomic E-state index is 13.4. The van der Waals surface area contributed by atoms with Crippen molar-refractivity contribution in [3.05, 3.63) is 59.4 Å². The van der Waals surface area contributed by atoms with Gasteiger partial charge in [-0.15, -0.1) is 0 Å². The first-order chi connectivity index (χ1) is 10.0. The molecule has 0 aliphatic rings. The summed E-state index contributed by atoms with van der Waals surface area (Å²) in [6.07, 6.45) is -0.957. The number of aliphatic hydroxyl groups excluding tert-OH is 1. The summed E-state index contributed by atoms with van der Waals surface area (Å²) in [6, 6.07) is 7.92. The van der Waals surface area contributed by atoms with Crippen LogP contribution in [0.2, 0.25) is 0 Å². The molecule has 2 N–H and O–H groups in total. The van der Waals surface area contributed by atoms with E-state index in [9.17, 15) is 18.3 Å². The summed E-state index contributed by atoms with van der Waals surface area (Å²) in [6.45, 7) is -0.0911. The monoisotopic (exact) mass is 297 g/mol. The van der Waals surface area contributed by atoms with Crippen LogP contribution in [0.5, 0.6) is 5.75 Å². The average Bonchev–Trinajstić information content (AvgIpc) is 2.49. The molecule has 2 aromatic rings. The number of rotatable bonds is 5. The number of anilines is 1. The lowest BCUT2D eigenvalue weighted by Crippen LogP contribution is -2.13. The maximum Gasteiger partial charge on any atom is 0.182 e. The molecule has 112 valence electrons. The summed E-state index contributed by atoms with van der Waals surface area (Å²) in [4.78, 5) is 0. The smallest absolute Gasteiger partial charge is 0.182 e. The van der Waals surface area contributed by atoms with Gasteiger partial charge in [0.25, 0.3) is 0 Å². The molecule has 2 rings (SSSR count). The molecule has 21 heavy (non-hydrogen) atoms. The lowest BCUT2D eigenvalue weighted by atomic mass is 10.1. The second kappa shape index (κ2) is 6.49. The number of methoxy groups -OCH3 is 1. The van der Waals surface area contributed by atoms with Gasteiger partial charge in [-0.1, -0.05) is 12.1 Å². The van der Waals surface area contributed by atoms with E-state index < -0.39 is 23.6 Å². The lowest BCUT2D eigenvalue weighted by Gasteiger charge is -2.14. The molecule has 0 saturated carbocycles. The van der Waals surface area contributed by atoms with Crippen LogP contribution in [-0.4, -0.2) is 18.8 Å². The molecule has 1 atom stereocenters. The molecular weight excluding hydrogens is 283 g/mol. The highest BCUT2D eigenvalue weighted by molar-refractivity contribution is 5.46. The van der Waals surface area contributed by atoms with Gasteiger partial charge in [-0.25, -0.2) is 13.2 Å². The predicted molar refractivity (Wildman–Crippen MR) is 72.8 cm³/mol. The standard InChI is InChI=1S/C15H14F3NO2/c1-21-11-4-2-9(3-5-11)14(20)8-19-13-7-10(16)6-12(17)15(13)18/h2-7,14,19-20H,8H2,1H3. The van der Waals surface area contributed by atoms with Crippen molar-refractivity contribution in [3.8, 4) is 5.75 Å². The van der Waals surface area contributed by atoms with Crippen molar-refractivity contribution < 1.29 is 23.0 Å². The second-order valence-corrected chi connectivity index (χ2v) is 4.42. The van der Waals surface area contributed by atoms with Crippen LogP contribution >= 0.6 is 0 Å². The minimum atomic E-state index is -1.28. The Kier molecular flexibility index (Phi) is 4.70. The third-order valence-electron chi connectivity index (χ3n) is 2.98. The van der Waals surface area contributed by atoms with E-state index in [2.05, 4.69) is 5.32 Å². The molecule has 0 spiro atoms. The Morgan fingerprint density at radius 1 is 1.14 bits per heavy atom. The topological polar surface area (TPSA) is 41.5 Å². The van der Waals surface area contributed by atoms with E-state index in [4.69, 9.17) is 4.74 Å². The summed E-state index contributed by atoms with van der Waals surface area (Å²) in [5.74, 6) is -2.72. The summed E-state index contributed by atoms with van der Waals surface area (Å²) < 4.78 is 44.5. The molecule has 3 nitrogen and oxygen atoms in total. The third kappa shape index (κ3) is 3.66. The summed E-state index contributed by atoms with van der Waals surface area (Å²) >= 11 is 0. The SMILES string of the molecule is COc1ccc(C(O)CNc2cc(F)cc(F)c2F)cc1. The first-order valence-corrected chi connectivity index (χ1v) is 6.21. The Morgan fingerprint density at radius 3 is 2.43 bits per heavy atom. The van der Waals surface area contributed by atoms with Gasteiger partial charge in [0.1, 0.15) is 11.6 Å². The molecule has 1 unspecified atom stereocenters. The molecule has 0 aromatic heterocycles. The third-order valence-corrected chi connectivity index (χ3v) is 2.98. The largest absolute Gasteiger partial charge is 0.497 e. The normalized spacial score (nSPS) is 12.0. The minimum Gasteiger partial charge on any atom is -0.497 e. The highest BCUT2D eigenvalue weighted by atomic mass is 19.2. The summed E-state index contributed by atoms with van der Waals surface area (Å²) in [5.41, 5.74) is 0.237. The fourth-order valence-corrected chi connectivity index (χ4v) is 1.84. The van der Waals surface area contributed by atoms with Gasteiger partial charge in [-0.05, 0) is 17.7 Å². The van der Waals surface area contributed by atoms with Gasteiger partial charge in [0.2, 0.25) is 0 Å². The summed E-state index contributed by atoms with van der Waals surface area (Å²) in [5, 5.41) is 12.4. The van der Waals surface area contributed by atoms with Crippen molar-refractivity contribution in [2.75, 3.05) is 19.0 Å². The van der Waals surface area contributed by atoms with Crippen molar-refractivity contribution in [1.82, 2.24) is 0 Å². The van der Waals surface area contributed by atoms with Gasteiger partial charge < -0.3 is 15.2 Å². The molecule has 0 heterocycles. The minimum absolute atomic E-state index is 0.0911. The van der Waals surface area contributed by atoms with Crippen molar-refractivity contribution in [2.24, 2.45) is 0 Å². The fourth-order valence-electron chi connectivity index (χ4n) is 1.84. The molecule has 0 amide bonds. The van der Waals surface area contributed by atoms with Crippen molar-refractivity contribution >= 4 is 5.69 Å². The molecule has 0 radical (unpaired) electrons. The molecule has 0 aliphatic carbocycles. The number of nitrogens with one attached hydrogen (secondary N) is 1. The predicted octanol–water partition coefficient (Wildman–Crippen LogP) is 3.26. The Balaban J connectivity index is 2.05. The Hall–Kier alpha value is -2.21. The van der Waals surface area contributed by atoms with E-state index in [0.29, 0.717) is 17.4 Å². The molecule has 2 aromatic carbocycles. The van der Waals surface area contributed by atoms with Crippen molar-refractivity contribution in [2.45, 2.75) is 6.10 Å². The summed E-state index contributed by atoms with van der Waals surface area (Å²) in [7, 11) is 1.52. The molecule has 0 bridgehead atoms. The first-order valence-electron chi connectivity index (χ1n) is 6.21. The number of hydrogen-bond acceptors (Lipinski definition) is 3. The quantitative estimate of drug-likeness (QED) is 0.832. The zero-order chi connectivity index (χ0) is 15.4. The van der Waals surface area contributed by atoms with Crippen LogP contribution < -0.4 is 10.1 Å². The van der Waals surface area contributed by atoms with Gasteiger partial charge in [0.05, 0.1) is 18.9 Å². The molecule has 0 fully saturated rings. The average molecular weight is 297 g/mol. The van der Waals surface area contributed by atoms with Crippen LogP contribution in [0.4, 0.5) is 18.9 Å². The number of halogens is 3. The highest BCUT2D eigenvalue weighted by Crippen LogP contribution is 2.22. The van der Waals surface area contributed by atoms with E-state index in [0.717, 1.165) is 6.07 Å². The van der Waals surface area contributed by atoms with Gasteiger partial charge >= 0.3 is 0 Å². The van der Waals surface area contributed by atoms with Crippen LogP contribution in [0.1, 0.15) is 11.7 Å². The fraction of sp³-hybridized carbons (Fsp3) is 0.200. The zero-order valence-corrected chi connectivity index (χ0v) is 11.2. The zero-order valence-electron chi connectivity index (χ0n) is 11.2. The van der Waals surface area contributed by atoms with E-state index in [1.54, 1.807) is 24.3 Å². The molecule has 0 aliphatic heterocycles. The first kappa shape index (κ1) is 15.2. The Bertz CT molecular complexity index is 617. The number of aliphatic hydroxyl groups is 1. The van der Waals surface area contributed by atoms with Gasteiger partial charge in [-0.2, -0.15) is 0 Å². The number of hydrogen-bond donors (Lipinski definition) is 2. The van der Waals surface area contributed by atoms with E-state index >= 15 is 0 Å². The van der Waals surface area contributed by atoms with Crippen molar-refractivity contribution in [1.29, 1.82) is 0 Å². The van der Waals surface area contributed by atoms with Crippen LogP contribution in [-0.2, 0) is 0 Å². The van der Waals surface area contributed by atoms with Gasteiger partial charge in [0, 0.05) is 18.7 Å². The van der Waals surface area contributed by atoms with Crippen LogP contribution in [0.25, 0.3) is 0 Å². The Morgan fingerprint density at radius 2 is 1.81 bits per heavy atom. The lowest BCUT2D eigenvalue weighted by molar-refractivity contribution is 0.191. The molecule has 6 heteroatoms. The van der Waals surface area contributed by atoms with Crippen LogP contribution in [0.3, 0.4) is 0 Å². The number of benzene rings is 2. The van der Waals surface area contributed by atoms with E-state index in [-0.39, 0.29) is 12.2 Å². The number of ether oxygens (including phenoxy) is 1. The molecule has 0 saturated heterocycles. The van der Waals surface area contributed by atoms with Crippen LogP contribution in [0.15, 0.2) is 36.4 Å². The Labute approximate surface area is 120 Å². The van der Waals surface area contributed by atoms with E-state index in [1.165, 1.54) is 7.11 Å². The molecular formula is C15H14F3NO2. The van der Waals surface area contributed by atoms with E-state index in [1.807, 2.05) is 0 Å². The van der Waals surface area contributed by atoms with Gasteiger partial charge in [0.15, 0.2) is 11.6 Å².